The lowest BCUT2D eigenvalue weighted by Crippen LogP contribution is -2.37. The molecule has 10 heteroatoms. The lowest BCUT2D eigenvalue weighted by atomic mass is 9.87. The number of carbonyl (C=O) groups excluding carboxylic acids is 2. The minimum Gasteiger partial charge on any atom is -0.469 e. The van der Waals surface area contributed by atoms with E-state index in [9.17, 15) is 14.0 Å². The van der Waals surface area contributed by atoms with Crippen molar-refractivity contribution in [3.8, 4) is 0 Å². The van der Waals surface area contributed by atoms with E-state index >= 15 is 0 Å². The predicted molar refractivity (Wildman–Crippen MR) is 127 cm³/mol. The molecular weight excluding hydrogens is 481 g/mol. The Labute approximate surface area is 206 Å². The van der Waals surface area contributed by atoms with Crippen LogP contribution in [-0.2, 0) is 19.1 Å². The van der Waals surface area contributed by atoms with Crippen molar-refractivity contribution < 1.29 is 23.5 Å². The SMILES string of the molecule is COC(=O)C1=C(C2CCCC(C(=O)OC)CC2)NC(c2nccs2)=NC1c1ccc(F)cc1Cl. The number of thiazole rings is 1. The molecule has 4 rings (SSSR count). The van der Waals surface area contributed by atoms with Crippen molar-refractivity contribution in [2.24, 2.45) is 16.8 Å². The van der Waals surface area contributed by atoms with Crippen molar-refractivity contribution in [1.82, 2.24) is 10.3 Å². The largest absolute Gasteiger partial charge is 0.469 e. The van der Waals surface area contributed by atoms with Crippen LogP contribution in [0.15, 0.2) is 46.0 Å². The second-order valence-electron chi connectivity index (χ2n) is 8.25. The molecule has 1 aliphatic heterocycles. The first-order valence-electron chi connectivity index (χ1n) is 11.0. The molecule has 180 valence electrons. The second-order valence-corrected chi connectivity index (χ2v) is 9.55. The molecule has 0 amide bonds. The molecule has 0 spiro atoms. The third-order valence-corrected chi connectivity index (χ3v) is 7.39. The highest BCUT2D eigenvalue weighted by Gasteiger charge is 2.37. The minimum absolute atomic E-state index is 0.0454. The summed E-state index contributed by atoms with van der Waals surface area (Å²) in [5, 5.41) is 6.02. The molecule has 1 aliphatic carbocycles. The molecule has 1 aromatic heterocycles. The average molecular weight is 506 g/mol. The van der Waals surface area contributed by atoms with Gasteiger partial charge in [0, 0.05) is 27.9 Å². The van der Waals surface area contributed by atoms with Crippen molar-refractivity contribution in [2.75, 3.05) is 14.2 Å². The number of hydrogen-bond donors (Lipinski definition) is 1. The molecule has 1 saturated carbocycles. The van der Waals surface area contributed by atoms with E-state index in [4.69, 9.17) is 26.1 Å². The van der Waals surface area contributed by atoms with Crippen LogP contribution in [0.4, 0.5) is 4.39 Å². The Balaban J connectivity index is 1.81. The van der Waals surface area contributed by atoms with Gasteiger partial charge in [-0.3, -0.25) is 9.79 Å². The number of ether oxygens (including phenoxy) is 2. The van der Waals surface area contributed by atoms with E-state index in [0.29, 0.717) is 40.5 Å². The summed E-state index contributed by atoms with van der Waals surface area (Å²) in [6, 6.07) is 3.24. The summed E-state index contributed by atoms with van der Waals surface area (Å²) >= 11 is 7.82. The van der Waals surface area contributed by atoms with E-state index in [0.717, 1.165) is 19.3 Å². The monoisotopic (exact) mass is 505 g/mol. The molecule has 3 unspecified atom stereocenters. The zero-order valence-electron chi connectivity index (χ0n) is 18.8. The number of amidine groups is 1. The van der Waals surface area contributed by atoms with Crippen molar-refractivity contribution in [3.63, 3.8) is 0 Å². The van der Waals surface area contributed by atoms with Crippen molar-refractivity contribution in [1.29, 1.82) is 0 Å². The van der Waals surface area contributed by atoms with Gasteiger partial charge in [-0.2, -0.15) is 0 Å². The molecule has 1 N–H and O–H groups in total. The van der Waals surface area contributed by atoms with E-state index in [1.807, 2.05) is 5.38 Å². The molecule has 3 atom stereocenters. The fourth-order valence-corrected chi connectivity index (χ4v) is 5.47. The number of hydrogen-bond acceptors (Lipinski definition) is 8. The predicted octanol–water partition coefficient (Wildman–Crippen LogP) is 4.82. The summed E-state index contributed by atoms with van der Waals surface area (Å²) < 4.78 is 23.9. The van der Waals surface area contributed by atoms with Crippen molar-refractivity contribution in [2.45, 2.75) is 38.1 Å². The number of methoxy groups -OCH3 is 2. The van der Waals surface area contributed by atoms with Gasteiger partial charge in [0.05, 0.1) is 25.7 Å². The smallest absolute Gasteiger partial charge is 0.338 e. The number of allylic oxidation sites excluding steroid dienone is 1. The van der Waals surface area contributed by atoms with Gasteiger partial charge in [-0.05, 0) is 43.7 Å². The number of aliphatic imine (C=N–C) groups is 1. The van der Waals surface area contributed by atoms with Gasteiger partial charge in [0.25, 0.3) is 0 Å². The van der Waals surface area contributed by atoms with Crippen molar-refractivity contribution >= 4 is 40.7 Å². The van der Waals surface area contributed by atoms with Gasteiger partial charge in [0.15, 0.2) is 10.8 Å². The summed E-state index contributed by atoms with van der Waals surface area (Å²) in [7, 11) is 2.72. The Morgan fingerprint density at radius 1 is 1.18 bits per heavy atom. The summed E-state index contributed by atoms with van der Waals surface area (Å²) in [5.74, 6) is -0.930. The first kappa shape index (κ1) is 24.3. The summed E-state index contributed by atoms with van der Waals surface area (Å²) in [4.78, 5) is 34.4. The third-order valence-electron chi connectivity index (χ3n) is 6.28. The highest BCUT2D eigenvalue weighted by atomic mass is 35.5. The van der Waals surface area contributed by atoms with Gasteiger partial charge in [-0.1, -0.05) is 24.1 Å². The van der Waals surface area contributed by atoms with E-state index in [2.05, 4.69) is 10.3 Å². The van der Waals surface area contributed by atoms with E-state index < -0.39 is 17.8 Å². The zero-order chi connectivity index (χ0) is 24.2. The van der Waals surface area contributed by atoms with Gasteiger partial charge < -0.3 is 14.8 Å². The average Bonchev–Trinajstić information content (AvgIpc) is 3.27. The standard InChI is InChI=1S/C24H25ClFN3O4S/c1-32-23(30)14-5-3-4-13(6-7-14)19-18(24(31)33-2)20(16-9-8-15(26)12-17(16)25)29-21(28-19)22-27-10-11-34-22/h8-14,20H,3-7H2,1-2H3,(H,28,29). The van der Waals surface area contributed by atoms with E-state index in [1.54, 1.807) is 6.20 Å². The van der Waals surface area contributed by atoms with Crippen LogP contribution in [0.3, 0.4) is 0 Å². The van der Waals surface area contributed by atoms with Crippen LogP contribution < -0.4 is 5.32 Å². The van der Waals surface area contributed by atoms with Crippen LogP contribution in [0.5, 0.6) is 0 Å². The Hall–Kier alpha value is -2.78. The maximum absolute atomic E-state index is 13.8. The van der Waals surface area contributed by atoms with Crippen LogP contribution in [0, 0.1) is 17.7 Å². The molecule has 2 heterocycles. The van der Waals surface area contributed by atoms with Gasteiger partial charge in [0.1, 0.15) is 11.9 Å². The topological polar surface area (TPSA) is 89.9 Å². The zero-order valence-corrected chi connectivity index (χ0v) is 20.4. The lowest BCUT2D eigenvalue weighted by molar-refractivity contribution is -0.146. The maximum atomic E-state index is 13.8. The number of carbonyl (C=O) groups is 2. The third kappa shape index (κ3) is 5.00. The Bertz CT molecular complexity index is 1140. The number of rotatable bonds is 5. The lowest BCUT2D eigenvalue weighted by Gasteiger charge is -2.31. The molecule has 2 aliphatic rings. The van der Waals surface area contributed by atoms with Crippen LogP contribution in [0.25, 0.3) is 0 Å². The summed E-state index contributed by atoms with van der Waals surface area (Å²) in [6.45, 7) is 0. The van der Waals surface area contributed by atoms with Gasteiger partial charge >= 0.3 is 11.9 Å². The molecule has 1 fully saturated rings. The normalized spacial score (nSPS) is 22.9. The van der Waals surface area contributed by atoms with E-state index in [-0.39, 0.29) is 22.8 Å². The van der Waals surface area contributed by atoms with Crippen LogP contribution >= 0.6 is 22.9 Å². The van der Waals surface area contributed by atoms with Crippen molar-refractivity contribution in [3.05, 3.63) is 62.5 Å². The molecule has 0 bridgehead atoms. The fourth-order valence-electron chi connectivity index (χ4n) is 4.61. The molecule has 7 nitrogen and oxygen atoms in total. The summed E-state index contributed by atoms with van der Waals surface area (Å²) in [6.07, 6.45) is 5.29. The molecule has 34 heavy (non-hydrogen) atoms. The second kappa shape index (κ2) is 10.7. The Morgan fingerprint density at radius 2 is 2.00 bits per heavy atom. The van der Waals surface area contributed by atoms with E-state index in [1.165, 1.54) is 43.8 Å². The van der Waals surface area contributed by atoms with Crippen LogP contribution in [-0.4, -0.2) is 37.0 Å². The molecule has 2 aromatic rings. The number of aromatic nitrogens is 1. The molecule has 1 aromatic carbocycles. The Kier molecular flexibility index (Phi) is 7.63. The van der Waals surface area contributed by atoms with Gasteiger partial charge in [-0.25, -0.2) is 14.2 Å². The number of esters is 2. The number of benzene rings is 1. The maximum Gasteiger partial charge on any atom is 0.338 e. The fraction of sp³-hybridized carbons (Fsp3) is 0.417. The highest BCUT2D eigenvalue weighted by molar-refractivity contribution is 7.11. The Morgan fingerprint density at radius 3 is 2.68 bits per heavy atom. The summed E-state index contributed by atoms with van der Waals surface area (Å²) in [5.41, 5.74) is 1.51. The molecular formula is C24H25ClFN3O4S. The van der Waals surface area contributed by atoms with Crippen LogP contribution in [0.1, 0.15) is 48.7 Å². The highest BCUT2D eigenvalue weighted by Crippen LogP contribution is 2.41. The number of nitrogens with zero attached hydrogens (tertiary/aromatic N) is 2. The van der Waals surface area contributed by atoms with Gasteiger partial charge in [-0.15, -0.1) is 11.3 Å². The number of halogens is 2. The van der Waals surface area contributed by atoms with Crippen LogP contribution in [0.2, 0.25) is 5.02 Å². The number of nitrogens with one attached hydrogen (secondary N) is 1. The first-order valence-corrected chi connectivity index (χ1v) is 12.3. The quantitative estimate of drug-likeness (QED) is 0.462. The molecule has 0 radical (unpaired) electrons. The first-order chi connectivity index (χ1) is 16.4. The minimum atomic E-state index is -0.796. The molecule has 0 saturated heterocycles. The van der Waals surface area contributed by atoms with Gasteiger partial charge in [0.2, 0.25) is 0 Å².